The van der Waals surface area contributed by atoms with Crippen molar-refractivity contribution < 1.29 is 9.15 Å². The molecular formula is C25H30N4O2. The Morgan fingerprint density at radius 1 is 1.10 bits per heavy atom. The Kier molecular flexibility index (Phi) is 6.99. The van der Waals surface area contributed by atoms with Crippen LogP contribution in [0, 0.1) is 0 Å². The number of allylic oxidation sites excluding steroid dienone is 1. The predicted molar refractivity (Wildman–Crippen MR) is 124 cm³/mol. The van der Waals surface area contributed by atoms with Crippen molar-refractivity contribution in [3.8, 4) is 17.3 Å². The van der Waals surface area contributed by atoms with Crippen molar-refractivity contribution in [3.63, 3.8) is 0 Å². The van der Waals surface area contributed by atoms with Gasteiger partial charge < -0.3 is 14.9 Å². The van der Waals surface area contributed by atoms with E-state index in [1.807, 2.05) is 48.5 Å². The number of para-hydroxylation sites is 1. The first kappa shape index (κ1) is 21.1. The molecule has 1 atom stereocenters. The zero-order valence-corrected chi connectivity index (χ0v) is 17.9. The summed E-state index contributed by atoms with van der Waals surface area (Å²) in [5, 5.41) is 5.70. The van der Waals surface area contributed by atoms with Gasteiger partial charge in [-0.1, -0.05) is 43.5 Å². The number of ether oxygens (including phenoxy) is 1. The largest absolute Gasteiger partial charge is 0.472 e. The van der Waals surface area contributed by atoms with Crippen LogP contribution in [0.2, 0.25) is 0 Å². The highest BCUT2D eigenvalue weighted by Crippen LogP contribution is 2.28. The standard InChI is InChI=1S/C25H30N4O2/c1-2-3-4-5-6-7-8-12-20(17-26)30-25-15-14-24-27-18-21(29(24)28-25)23-16-19-11-9-10-13-22(19)31-23/h2,9-11,13-16,18,20H,1,3-8,12,17,26H2. The summed E-state index contributed by atoms with van der Waals surface area (Å²) in [4.78, 5) is 4.45. The van der Waals surface area contributed by atoms with Gasteiger partial charge in [-0.05, 0) is 43.9 Å². The van der Waals surface area contributed by atoms with Crippen LogP contribution in [0.5, 0.6) is 5.88 Å². The predicted octanol–water partition coefficient (Wildman–Crippen LogP) is 5.77. The molecule has 0 amide bonds. The van der Waals surface area contributed by atoms with Gasteiger partial charge in [-0.15, -0.1) is 11.7 Å². The van der Waals surface area contributed by atoms with Crippen molar-refractivity contribution >= 4 is 16.6 Å². The van der Waals surface area contributed by atoms with Crippen molar-refractivity contribution in [2.24, 2.45) is 5.73 Å². The molecule has 3 heterocycles. The summed E-state index contributed by atoms with van der Waals surface area (Å²) in [6.07, 6.45) is 11.8. The fourth-order valence-corrected chi connectivity index (χ4v) is 3.78. The lowest BCUT2D eigenvalue weighted by Gasteiger charge is -2.16. The molecule has 4 rings (SSSR count). The average molecular weight is 419 g/mol. The van der Waals surface area contributed by atoms with Crippen molar-refractivity contribution in [1.82, 2.24) is 14.6 Å². The molecule has 3 aromatic heterocycles. The number of benzene rings is 1. The van der Waals surface area contributed by atoms with Crippen LogP contribution >= 0.6 is 0 Å². The normalized spacial score (nSPS) is 12.4. The third-order valence-electron chi connectivity index (χ3n) is 5.50. The van der Waals surface area contributed by atoms with Crippen LogP contribution in [-0.2, 0) is 0 Å². The van der Waals surface area contributed by atoms with Crippen LogP contribution in [0.15, 0.2) is 65.7 Å². The lowest BCUT2D eigenvalue weighted by molar-refractivity contribution is 0.184. The highest BCUT2D eigenvalue weighted by Gasteiger charge is 2.15. The quantitative estimate of drug-likeness (QED) is 0.234. The van der Waals surface area contributed by atoms with E-state index in [-0.39, 0.29) is 6.10 Å². The number of imidazole rings is 1. The van der Waals surface area contributed by atoms with Crippen LogP contribution in [0.4, 0.5) is 0 Å². The van der Waals surface area contributed by atoms with Gasteiger partial charge in [0.2, 0.25) is 5.88 Å². The van der Waals surface area contributed by atoms with Crippen LogP contribution in [0.1, 0.15) is 44.9 Å². The number of hydrogen-bond donors (Lipinski definition) is 1. The zero-order valence-electron chi connectivity index (χ0n) is 17.9. The molecule has 0 saturated carbocycles. The molecule has 0 bridgehead atoms. The molecule has 6 heteroatoms. The third-order valence-corrected chi connectivity index (χ3v) is 5.50. The van der Waals surface area contributed by atoms with Gasteiger partial charge in [0.1, 0.15) is 17.4 Å². The molecule has 0 aliphatic rings. The van der Waals surface area contributed by atoms with E-state index in [9.17, 15) is 0 Å². The van der Waals surface area contributed by atoms with E-state index in [1.165, 1.54) is 25.7 Å². The summed E-state index contributed by atoms with van der Waals surface area (Å²) < 4.78 is 13.9. The molecule has 31 heavy (non-hydrogen) atoms. The Morgan fingerprint density at radius 2 is 1.94 bits per heavy atom. The molecule has 6 nitrogen and oxygen atoms in total. The Morgan fingerprint density at radius 3 is 2.77 bits per heavy atom. The van der Waals surface area contributed by atoms with E-state index >= 15 is 0 Å². The number of fused-ring (bicyclic) bond motifs is 2. The van der Waals surface area contributed by atoms with E-state index < -0.39 is 0 Å². The number of aromatic nitrogens is 3. The second kappa shape index (κ2) is 10.3. The minimum atomic E-state index is -0.0451. The summed E-state index contributed by atoms with van der Waals surface area (Å²) >= 11 is 0. The van der Waals surface area contributed by atoms with Crippen molar-refractivity contribution in [2.45, 2.75) is 51.0 Å². The van der Waals surface area contributed by atoms with E-state index in [0.29, 0.717) is 12.4 Å². The van der Waals surface area contributed by atoms with E-state index in [4.69, 9.17) is 14.9 Å². The number of nitrogens with zero attached hydrogens (tertiary/aromatic N) is 3. The fraction of sp³-hybridized carbons (Fsp3) is 0.360. The number of nitrogens with two attached hydrogens (primary N) is 1. The van der Waals surface area contributed by atoms with Crippen LogP contribution in [-0.4, -0.2) is 27.2 Å². The summed E-state index contributed by atoms with van der Waals surface area (Å²) in [6, 6.07) is 13.7. The van der Waals surface area contributed by atoms with E-state index in [1.54, 1.807) is 10.7 Å². The van der Waals surface area contributed by atoms with Gasteiger partial charge in [0.25, 0.3) is 0 Å². The highest BCUT2D eigenvalue weighted by molar-refractivity contribution is 5.82. The van der Waals surface area contributed by atoms with Crippen LogP contribution < -0.4 is 10.5 Å². The molecule has 1 unspecified atom stereocenters. The molecule has 0 radical (unpaired) electrons. The minimum absolute atomic E-state index is 0.0451. The second-order valence-electron chi connectivity index (χ2n) is 7.84. The maximum absolute atomic E-state index is 6.11. The van der Waals surface area contributed by atoms with Crippen molar-refractivity contribution in [1.29, 1.82) is 0 Å². The van der Waals surface area contributed by atoms with Gasteiger partial charge in [-0.2, -0.15) is 0 Å². The Balaban J connectivity index is 1.42. The Hall–Kier alpha value is -3.12. The fourth-order valence-electron chi connectivity index (χ4n) is 3.78. The highest BCUT2D eigenvalue weighted by atomic mass is 16.5. The summed E-state index contributed by atoms with van der Waals surface area (Å²) in [5.74, 6) is 1.27. The van der Waals surface area contributed by atoms with Crippen LogP contribution in [0.3, 0.4) is 0 Å². The third kappa shape index (κ3) is 5.14. The lowest BCUT2D eigenvalue weighted by atomic mass is 10.1. The number of furan rings is 1. The van der Waals surface area contributed by atoms with E-state index in [0.717, 1.165) is 47.3 Å². The zero-order chi connectivity index (χ0) is 21.5. The van der Waals surface area contributed by atoms with Gasteiger partial charge in [0.15, 0.2) is 11.4 Å². The Labute approximate surface area is 182 Å². The number of unbranched alkanes of at least 4 members (excludes halogenated alkanes) is 5. The average Bonchev–Trinajstić information content (AvgIpc) is 3.41. The Bertz CT molecular complexity index is 1100. The van der Waals surface area contributed by atoms with Gasteiger partial charge in [0.05, 0.1) is 6.20 Å². The van der Waals surface area contributed by atoms with Gasteiger partial charge in [0, 0.05) is 18.0 Å². The summed E-state index contributed by atoms with van der Waals surface area (Å²) in [6.45, 7) is 4.24. The van der Waals surface area contributed by atoms with Gasteiger partial charge in [-0.25, -0.2) is 9.50 Å². The molecule has 0 fully saturated rings. The van der Waals surface area contributed by atoms with Crippen LogP contribution in [0.25, 0.3) is 28.1 Å². The number of rotatable bonds is 12. The first-order valence-corrected chi connectivity index (χ1v) is 11.1. The molecule has 2 N–H and O–H groups in total. The molecule has 162 valence electrons. The second-order valence-corrected chi connectivity index (χ2v) is 7.84. The monoisotopic (exact) mass is 418 g/mol. The maximum Gasteiger partial charge on any atom is 0.232 e. The molecule has 0 saturated heterocycles. The number of hydrogen-bond acceptors (Lipinski definition) is 5. The van der Waals surface area contributed by atoms with E-state index in [2.05, 4.69) is 16.7 Å². The molecule has 0 aliphatic carbocycles. The summed E-state index contributed by atoms with van der Waals surface area (Å²) in [7, 11) is 0. The van der Waals surface area contributed by atoms with Crippen molar-refractivity contribution in [2.75, 3.05) is 6.54 Å². The first-order valence-electron chi connectivity index (χ1n) is 11.1. The molecule has 0 spiro atoms. The van der Waals surface area contributed by atoms with Crippen molar-refractivity contribution in [3.05, 3.63) is 61.3 Å². The van der Waals surface area contributed by atoms with Gasteiger partial charge >= 0.3 is 0 Å². The molecule has 1 aromatic carbocycles. The smallest absolute Gasteiger partial charge is 0.232 e. The lowest BCUT2D eigenvalue weighted by Crippen LogP contribution is -2.27. The first-order chi connectivity index (χ1) is 15.3. The minimum Gasteiger partial charge on any atom is -0.472 e. The maximum atomic E-state index is 6.11. The SMILES string of the molecule is C=CCCCCCCCC(CN)Oc1ccc2ncc(-c3cc4ccccc4o3)n2n1. The summed E-state index contributed by atoms with van der Waals surface area (Å²) in [5.41, 5.74) is 8.33. The topological polar surface area (TPSA) is 78.6 Å². The van der Waals surface area contributed by atoms with Gasteiger partial charge in [-0.3, -0.25) is 0 Å². The molecule has 4 aromatic rings. The molecular weight excluding hydrogens is 388 g/mol. The molecule has 0 aliphatic heterocycles.